The monoisotopic (exact) mass is 533 g/mol. The highest BCUT2D eigenvalue weighted by Gasteiger charge is 2.41. The molecule has 202 valence electrons. The Balaban J connectivity index is 2.13. The Kier molecular flexibility index (Phi) is 7.84. The number of halogens is 6. The summed E-state index contributed by atoms with van der Waals surface area (Å²) in [6.07, 6.45) is -11.7. The van der Waals surface area contributed by atoms with Crippen LogP contribution in [0.2, 0.25) is 0 Å². The van der Waals surface area contributed by atoms with E-state index in [2.05, 4.69) is 0 Å². The summed E-state index contributed by atoms with van der Waals surface area (Å²) < 4.78 is 90.3. The number of alkyl halides is 6. The summed E-state index contributed by atoms with van der Waals surface area (Å²) >= 11 is 0. The maximum atomic E-state index is 13.4. The first-order valence-electron chi connectivity index (χ1n) is 11.2. The maximum absolute atomic E-state index is 13.4. The van der Waals surface area contributed by atoms with Gasteiger partial charge in [0.1, 0.15) is 0 Å². The van der Waals surface area contributed by atoms with Gasteiger partial charge in [0.2, 0.25) is 0 Å². The van der Waals surface area contributed by atoms with Gasteiger partial charge in [0.15, 0.2) is 0 Å². The summed E-state index contributed by atoms with van der Waals surface area (Å²) in [4.78, 5) is 27.8. The van der Waals surface area contributed by atoms with Crippen LogP contribution in [-0.4, -0.2) is 36.8 Å². The number of hydrogen-bond acceptors (Lipinski definition) is 5. The number of ether oxygens (including phenoxy) is 2. The Morgan fingerprint density at radius 1 is 1.08 bits per heavy atom. The molecule has 0 radical (unpaired) electrons. The zero-order chi connectivity index (χ0) is 27.7. The lowest BCUT2D eigenvalue weighted by Gasteiger charge is -2.43. The lowest BCUT2D eigenvalue weighted by atomic mass is 9.89. The Morgan fingerprint density at radius 2 is 1.68 bits per heavy atom. The number of hydrogen-bond donors (Lipinski definition) is 1. The number of amides is 2. The van der Waals surface area contributed by atoms with E-state index in [9.17, 15) is 35.9 Å². The molecule has 1 aliphatic heterocycles. The second kappa shape index (κ2) is 10.4. The van der Waals surface area contributed by atoms with Crippen molar-refractivity contribution in [1.82, 2.24) is 4.90 Å². The number of para-hydroxylation sites is 1. The average molecular weight is 533 g/mol. The van der Waals surface area contributed by atoms with Gasteiger partial charge in [-0.1, -0.05) is 12.1 Å². The summed E-state index contributed by atoms with van der Waals surface area (Å²) in [5, 5.41) is 0. The normalized spacial score (nSPS) is 17.7. The number of carbonyl (C=O) groups is 2. The van der Waals surface area contributed by atoms with Gasteiger partial charge >= 0.3 is 24.5 Å². The molecule has 2 aromatic rings. The first-order valence-corrected chi connectivity index (χ1v) is 11.2. The molecule has 2 amide bonds. The molecule has 0 saturated carbocycles. The number of fused-ring (bicyclic) bond motifs is 1. The summed E-state index contributed by atoms with van der Waals surface area (Å²) in [5.74, 6) is 0. The summed E-state index contributed by atoms with van der Waals surface area (Å²) in [5.41, 5.74) is 3.51. The van der Waals surface area contributed by atoms with Crippen LogP contribution >= 0.6 is 0 Å². The van der Waals surface area contributed by atoms with Crippen LogP contribution in [0.1, 0.15) is 48.6 Å². The Morgan fingerprint density at radius 3 is 2.19 bits per heavy atom. The van der Waals surface area contributed by atoms with Gasteiger partial charge in [-0.3, -0.25) is 9.80 Å². The third kappa shape index (κ3) is 5.86. The predicted molar refractivity (Wildman–Crippen MR) is 122 cm³/mol. The second-order valence-electron chi connectivity index (χ2n) is 8.47. The zero-order valence-corrected chi connectivity index (χ0v) is 20.1. The number of nitrogen functional groups attached to an aromatic ring is 1. The Hall–Kier alpha value is -3.64. The summed E-state index contributed by atoms with van der Waals surface area (Å²) in [7, 11) is 1.04. The fraction of sp³-hybridized carbons (Fsp3) is 0.417. The maximum Gasteiger partial charge on any atom is 0.416 e. The topological polar surface area (TPSA) is 85.1 Å². The first-order chi connectivity index (χ1) is 17.2. The molecule has 7 nitrogen and oxygen atoms in total. The van der Waals surface area contributed by atoms with Crippen molar-refractivity contribution in [3.05, 3.63) is 58.7 Å². The molecule has 0 aliphatic carbocycles. The van der Waals surface area contributed by atoms with E-state index in [1.54, 1.807) is 26.0 Å². The molecule has 0 aromatic heterocycles. The van der Waals surface area contributed by atoms with Gasteiger partial charge in [-0.05, 0) is 50.1 Å². The number of nitrogens with two attached hydrogens (primary N) is 1. The van der Waals surface area contributed by atoms with Crippen LogP contribution in [-0.2, 0) is 28.4 Å². The largest absolute Gasteiger partial charge is 0.453 e. The van der Waals surface area contributed by atoms with Crippen LogP contribution in [0.5, 0.6) is 0 Å². The molecule has 2 atom stereocenters. The number of carbonyl (C=O) groups excluding carboxylic acids is 2. The molecular weight excluding hydrogens is 508 g/mol. The number of benzene rings is 2. The molecule has 0 bridgehead atoms. The van der Waals surface area contributed by atoms with Crippen molar-refractivity contribution in [2.24, 2.45) is 0 Å². The van der Waals surface area contributed by atoms with Crippen LogP contribution in [0, 0.1) is 0 Å². The number of rotatable bonds is 4. The number of nitrogens with zero attached hydrogens (tertiary/aromatic N) is 2. The SMILES string of the molecule is CCOC(=O)N1c2c(N)cccc2[C@H](N(Cc2cc(C(F)(F)F)cc(C(F)(F)F)c2)C(=O)OC)C[C@@H]1C. The van der Waals surface area contributed by atoms with Gasteiger partial charge < -0.3 is 15.2 Å². The van der Waals surface area contributed by atoms with Gasteiger partial charge in [-0.15, -0.1) is 0 Å². The quantitative estimate of drug-likeness (QED) is 0.365. The van der Waals surface area contributed by atoms with Crippen molar-refractivity contribution < 1.29 is 45.4 Å². The molecule has 1 heterocycles. The van der Waals surface area contributed by atoms with Crippen molar-refractivity contribution in [3.8, 4) is 0 Å². The molecule has 37 heavy (non-hydrogen) atoms. The smallest absolute Gasteiger partial charge is 0.416 e. The van der Waals surface area contributed by atoms with Crippen LogP contribution in [0.15, 0.2) is 36.4 Å². The molecule has 2 N–H and O–H groups in total. The average Bonchev–Trinajstić information content (AvgIpc) is 2.81. The van der Waals surface area contributed by atoms with Gasteiger partial charge in [0.25, 0.3) is 0 Å². The molecule has 0 spiro atoms. The van der Waals surface area contributed by atoms with E-state index < -0.39 is 59.9 Å². The Labute approximate surface area is 208 Å². The minimum absolute atomic E-state index is 0.0158. The van der Waals surface area contributed by atoms with E-state index in [-0.39, 0.29) is 30.5 Å². The third-order valence-electron chi connectivity index (χ3n) is 5.95. The van der Waals surface area contributed by atoms with E-state index in [0.717, 1.165) is 12.0 Å². The van der Waals surface area contributed by atoms with Gasteiger partial charge in [0.05, 0.1) is 42.3 Å². The van der Waals surface area contributed by atoms with Crippen molar-refractivity contribution in [1.29, 1.82) is 0 Å². The highest BCUT2D eigenvalue weighted by Crippen LogP contribution is 2.45. The van der Waals surface area contributed by atoms with E-state index in [4.69, 9.17) is 15.2 Å². The standard InChI is InChI=1S/C24H25F6N3O4/c1-4-37-22(35)33-13(2)8-19(17-6-5-7-18(31)20(17)33)32(21(34)36-3)12-14-9-15(23(25,26)27)11-16(10-14)24(28,29)30/h5-7,9-11,13,19H,4,8,12,31H2,1-3H3/t13-,19+/m0/s1. The molecule has 2 aromatic carbocycles. The molecule has 0 unspecified atom stereocenters. The molecule has 0 saturated heterocycles. The van der Waals surface area contributed by atoms with E-state index in [1.165, 1.54) is 11.0 Å². The van der Waals surface area contributed by atoms with Crippen LogP contribution in [0.3, 0.4) is 0 Å². The fourth-order valence-electron chi connectivity index (χ4n) is 4.39. The van der Waals surface area contributed by atoms with E-state index in [1.807, 2.05) is 0 Å². The number of anilines is 2. The van der Waals surface area contributed by atoms with Gasteiger partial charge in [0, 0.05) is 18.2 Å². The lowest BCUT2D eigenvalue weighted by molar-refractivity contribution is -0.143. The highest BCUT2D eigenvalue weighted by atomic mass is 19.4. The minimum atomic E-state index is -5.05. The lowest BCUT2D eigenvalue weighted by Crippen LogP contribution is -2.48. The highest BCUT2D eigenvalue weighted by molar-refractivity contribution is 5.94. The summed E-state index contributed by atoms with van der Waals surface area (Å²) in [6.45, 7) is 2.72. The van der Waals surface area contributed by atoms with Crippen LogP contribution in [0.4, 0.5) is 47.3 Å². The van der Waals surface area contributed by atoms with Crippen molar-refractivity contribution in [2.45, 2.75) is 51.2 Å². The fourth-order valence-corrected chi connectivity index (χ4v) is 4.39. The van der Waals surface area contributed by atoms with E-state index in [0.29, 0.717) is 17.7 Å². The number of methoxy groups -OCH3 is 1. The van der Waals surface area contributed by atoms with Crippen molar-refractivity contribution in [3.63, 3.8) is 0 Å². The molecular formula is C24H25F6N3O4. The van der Waals surface area contributed by atoms with Gasteiger partial charge in [-0.2, -0.15) is 26.3 Å². The molecule has 0 fully saturated rings. The van der Waals surface area contributed by atoms with Crippen molar-refractivity contribution in [2.75, 3.05) is 24.4 Å². The Bertz CT molecular complexity index is 1140. The third-order valence-corrected chi connectivity index (χ3v) is 5.95. The molecule has 13 heteroatoms. The molecule has 1 aliphatic rings. The van der Waals surface area contributed by atoms with Crippen molar-refractivity contribution >= 4 is 23.6 Å². The first kappa shape index (κ1) is 27.9. The van der Waals surface area contributed by atoms with Gasteiger partial charge in [-0.25, -0.2) is 9.59 Å². The summed E-state index contributed by atoms with van der Waals surface area (Å²) in [6, 6.07) is 4.29. The van der Waals surface area contributed by atoms with E-state index >= 15 is 0 Å². The second-order valence-corrected chi connectivity index (χ2v) is 8.47. The predicted octanol–water partition coefficient (Wildman–Crippen LogP) is 6.37. The van der Waals surface area contributed by atoms with Crippen LogP contribution in [0.25, 0.3) is 0 Å². The zero-order valence-electron chi connectivity index (χ0n) is 20.1. The van der Waals surface area contributed by atoms with Crippen LogP contribution < -0.4 is 10.6 Å². The molecule has 3 rings (SSSR count). The minimum Gasteiger partial charge on any atom is -0.453 e.